The van der Waals surface area contributed by atoms with E-state index < -0.39 is 11.8 Å². The molecular formula is C13H14N2O2. The maximum Gasteiger partial charge on any atom is 0.228 e. The van der Waals surface area contributed by atoms with Gasteiger partial charge < -0.3 is 10.5 Å². The Kier molecular flexibility index (Phi) is 4.92. The molecule has 17 heavy (non-hydrogen) atoms. The summed E-state index contributed by atoms with van der Waals surface area (Å²) in [7, 11) is 1.49. The fraction of sp³-hybridized carbons (Fsp3) is 0.231. The molecule has 1 aromatic carbocycles. The fourth-order valence-corrected chi connectivity index (χ4v) is 1.48. The molecule has 0 aliphatic carbocycles. The molecule has 1 unspecified atom stereocenters. The van der Waals surface area contributed by atoms with Gasteiger partial charge >= 0.3 is 0 Å². The molecule has 88 valence electrons. The number of carbonyl (C=O) groups excluding carboxylic acids is 1. The van der Waals surface area contributed by atoms with Crippen molar-refractivity contribution in [1.82, 2.24) is 0 Å². The predicted octanol–water partition coefficient (Wildman–Crippen LogP) is 1.35. The van der Waals surface area contributed by atoms with Gasteiger partial charge in [0.05, 0.1) is 24.2 Å². The quantitative estimate of drug-likeness (QED) is 0.776. The van der Waals surface area contributed by atoms with Crippen molar-refractivity contribution in [3.63, 3.8) is 0 Å². The lowest BCUT2D eigenvalue weighted by molar-refractivity contribution is -0.118. The molecule has 0 saturated carbocycles. The maximum absolute atomic E-state index is 11.4. The van der Waals surface area contributed by atoms with Crippen LogP contribution in [0.3, 0.4) is 0 Å². The summed E-state index contributed by atoms with van der Waals surface area (Å²) in [6.07, 6.45) is 1.54. The van der Waals surface area contributed by atoms with E-state index in [0.717, 1.165) is 5.56 Å². The maximum atomic E-state index is 11.4. The van der Waals surface area contributed by atoms with Gasteiger partial charge in [0.25, 0.3) is 0 Å². The minimum Gasteiger partial charge on any atom is -0.379 e. The molecule has 0 aromatic heterocycles. The highest BCUT2D eigenvalue weighted by Crippen LogP contribution is 2.18. The normalized spacial score (nSPS) is 12.8. The summed E-state index contributed by atoms with van der Waals surface area (Å²) in [6.45, 7) is 0.174. The Morgan fingerprint density at radius 1 is 1.53 bits per heavy atom. The minimum atomic E-state index is -0.596. The van der Waals surface area contributed by atoms with E-state index >= 15 is 0 Å². The van der Waals surface area contributed by atoms with E-state index in [-0.39, 0.29) is 6.61 Å². The minimum absolute atomic E-state index is 0.174. The summed E-state index contributed by atoms with van der Waals surface area (Å²) in [5.41, 5.74) is 6.49. The smallest absolute Gasteiger partial charge is 0.228 e. The molecule has 0 fully saturated rings. The van der Waals surface area contributed by atoms with Crippen molar-refractivity contribution in [3.05, 3.63) is 47.5 Å². The van der Waals surface area contributed by atoms with Gasteiger partial charge in [-0.25, -0.2) is 0 Å². The van der Waals surface area contributed by atoms with Crippen LogP contribution >= 0.6 is 0 Å². The molecule has 0 radical (unpaired) electrons. The third-order valence-corrected chi connectivity index (χ3v) is 2.28. The number of nitrogens with two attached hydrogens (primary N) is 1. The van der Waals surface area contributed by atoms with E-state index in [1.807, 2.05) is 24.3 Å². The number of carbonyl (C=O) groups is 1. The summed E-state index contributed by atoms with van der Waals surface area (Å²) in [5.74, 6) is -1.08. The van der Waals surface area contributed by atoms with Gasteiger partial charge in [-0.1, -0.05) is 36.4 Å². The molecule has 0 heterocycles. The summed E-state index contributed by atoms with van der Waals surface area (Å²) in [6, 6.07) is 11.1. The monoisotopic (exact) mass is 230 g/mol. The zero-order valence-electron chi connectivity index (χ0n) is 9.59. The molecule has 0 saturated heterocycles. The molecule has 0 bridgehead atoms. The fourth-order valence-electron chi connectivity index (χ4n) is 1.48. The van der Waals surface area contributed by atoms with Gasteiger partial charge in [0.15, 0.2) is 0 Å². The second-order valence-corrected chi connectivity index (χ2v) is 3.53. The van der Waals surface area contributed by atoms with Crippen molar-refractivity contribution in [3.8, 4) is 6.07 Å². The highest BCUT2D eigenvalue weighted by atomic mass is 16.5. The lowest BCUT2D eigenvalue weighted by Crippen LogP contribution is -2.20. The second-order valence-electron chi connectivity index (χ2n) is 3.53. The Balaban J connectivity index is 3.04. The highest BCUT2D eigenvalue weighted by Gasteiger charge is 2.15. The van der Waals surface area contributed by atoms with Crippen LogP contribution in [0.15, 0.2) is 42.0 Å². The van der Waals surface area contributed by atoms with Crippen LogP contribution in [-0.2, 0) is 9.53 Å². The standard InChI is InChI=1S/C13H14N2O2/c1-17-9-10(8-14)7-12(13(15)16)11-5-3-2-4-6-11/h2-7,12H,9H2,1H3,(H2,15,16)/b10-7-. The van der Waals surface area contributed by atoms with Crippen molar-refractivity contribution in [2.45, 2.75) is 5.92 Å². The van der Waals surface area contributed by atoms with E-state index in [1.165, 1.54) is 7.11 Å². The number of nitriles is 1. The van der Waals surface area contributed by atoms with Crippen molar-refractivity contribution >= 4 is 5.91 Å². The predicted molar refractivity (Wildman–Crippen MR) is 63.9 cm³/mol. The number of primary amides is 1. The first-order chi connectivity index (χ1) is 8.19. The Morgan fingerprint density at radius 3 is 2.65 bits per heavy atom. The molecule has 0 aliphatic rings. The zero-order chi connectivity index (χ0) is 12.7. The van der Waals surface area contributed by atoms with Gasteiger partial charge in [-0.15, -0.1) is 0 Å². The SMILES string of the molecule is COC/C(C#N)=C\C(C(N)=O)c1ccccc1. The lowest BCUT2D eigenvalue weighted by atomic mass is 9.96. The van der Waals surface area contributed by atoms with Crippen LogP contribution in [0.25, 0.3) is 0 Å². The highest BCUT2D eigenvalue weighted by molar-refractivity contribution is 5.84. The summed E-state index contributed by atoms with van der Waals surface area (Å²) in [5, 5.41) is 8.88. The Hall–Kier alpha value is -2.12. The lowest BCUT2D eigenvalue weighted by Gasteiger charge is -2.09. The topological polar surface area (TPSA) is 76.1 Å². The Labute approximate surface area is 100 Å². The van der Waals surface area contributed by atoms with Gasteiger partial charge in [0.2, 0.25) is 5.91 Å². The van der Waals surface area contributed by atoms with Crippen LogP contribution in [0.1, 0.15) is 11.5 Å². The number of ether oxygens (including phenoxy) is 1. The average Bonchev–Trinajstić information content (AvgIpc) is 2.35. The van der Waals surface area contributed by atoms with Crippen LogP contribution < -0.4 is 5.73 Å². The first kappa shape index (κ1) is 12.9. The van der Waals surface area contributed by atoms with E-state index in [9.17, 15) is 4.79 Å². The molecule has 1 aromatic rings. The molecule has 0 spiro atoms. The number of rotatable bonds is 5. The van der Waals surface area contributed by atoms with Gasteiger partial charge in [0.1, 0.15) is 0 Å². The van der Waals surface area contributed by atoms with E-state index in [1.54, 1.807) is 18.2 Å². The van der Waals surface area contributed by atoms with Crippen LogP contribution in [0, 0.1) is 11.3 Å². The van der Waals surface area contributed by atoms with Crippen molar-refractivity contribution in [1.29, 1.82) is 5.26 Å². The molecule has 4 nitrogen and oxygen atoms in total. The third kappa shape index (κ3) is 3.74. The molecule has 4 heteroatoms. The van der Waals surface area contributed by atoms with Crippen molar-refractivity contribution in [2.75, 3.05) is 13.7 Å². The molecule has 2 N–H and O–H groups in total. The molecule has 1 atom stereocenters. The van der Waals surface area contributed by atoms with Crippen LogP contribution in [0.4, 0.5) is 0 Å². The number of nitrogens with zero attached hydrogens (tertiary/aromatic N) is 1. The Bertz CT molecular complexity index is 446. The number of hydrogen-bond acceptors (Lipinski definition) is 3. The van der Waals surface area contributed by atoms with Crippen molar-refractivity contribution < 1.29 is 9.53 Å². The number of amides is 1. The second kappa shape index (κ2) is 6.46. The van der Waals surface area contributed by atoms with E-state index in [2.05, 4.69) is 0 Å². The molecule has 1 amide bonds. The van der Waals surface area contributed by atoms with Crippen molar-refractivity contribution in [2.24, 2.45) is 5.73 Å². The third-order valence-electron chi connectivity index (χ3n) is 2.28. The van der Waals surface area contributed by atoms with Gasteiger partial charge in [-0.05, 0) is 5.56 Å². The zero-order valence-corrected chi connectivity index (χ0v) is 9.59. The first-order valence-electron chi connectivity index (χ1n) is 5.13. The summed E-state index contributed by atoms with van der Waals surface area (Å²) < 4.78 is 4.87. The summed E-state index contributed by atoms with van der Waals surface area (Å²) in [4.78, 5) is 11.4. The average molecular weight is 230 g/mol. The number of benzene rings is 1. The van der Waals surface area contributed by atoms with E-state index in [0.29, 0.717) is 5.57 Å². The van der Waals surface area contributed by atoms with Crippen LogP contribution in [-0.4, -0.2) is 19.6 Å². The Morgan fingerprint density at radius 2 is 2.18 bits per heavy atom. The van der Waals surface area contributed by atoms with Gasteiger partial charge in [-0.3, -0.25) is 4.79 Å². The number of hydrogen-bond donors (Lipinski definition) is 1. The van der Waals surface area contributed by atoms with Crippen LogP contribution in [0.2, 0.25) is 0 Å². The van der Waals surface area contributed by atoms with Gasteiger partial charge in [-0.2, -0.15) is 5.26 Å². The number of methoxy groups -OCH3 is 1. The summed E-state index contributed by atoms with van der Waals surface area (Å²) >= 11 is 0. The first-order valence-corrected chi connectivity index (χ1v) is 5.13. The largest absolute Gasteiger partial charge is 0.379 e. The van der Waals surface area contributed by atoms with Gasteiger partial charge in [0, 0.05) is 7.11 Å². The van der Waals surface area contributed by atoms with Crippen LogP contribution in [0.5, 0.6) is 0 Å². The molecular weight excluding hydrogens is 216 g/mol. The molecule has 1 rings (SSSR count). The molecule has 0 aliphatic heterocycles. The van der Waals surface area contributed by atoms with E-state index in [4.69, 9.17) is 15.7 Å².